The molecule has 1 N–H and O–H groups in total. The summed E-state index contributed by atoms with van der Waals surface area (Å²) in [5.41, 5.74) is -0.0379. The van der Waals surface area contributed by atoms with Gasteiger partial charge in [-0.25, -0.2) is 4.98 Å². The predicted octanol–water partition coefficient (Wildman–Crippen LogP) is 3.14. The minimum atomic E-state index is -0.886. The van der Waals surface area contributed by atoms with Crippen LogP contribution in [0.15, 0.2) is 41.0 Å². The van der Waals surface area contributed by atoms with Crippen LogP contribution in [0, 0.1) is 16.1 Å². The third-order valence-corrected chi connectivity index (χ3v) is 3.07. The van der Waals surface area contributed by atoms with Crippen molar-refractivity contribution < 1.29 is 14.1 Å². The van der Waals surface area contributed by atoms with Crippen LogP contribution in [0.1, 0.15) is 10.4 Å². The van der Waals surface area contributed by atoms with Crippen LogP contribution in [0.25, 0.3) is 0 Å². The van der Waals surface area contributed by atoms with Crippen LogP contribution in [0.4, 0.5) is 15.8 Å². The Morgan fingerprint density at radius 3 is 2.75 bits per heavy atom. The Bertz CT molecular complexity index is 693. The molecule has 0 aliphatic carbocycles. The zero-order valence-electron chi connectivity index (χ0n) is 9.84. The highest BCUT2D eigenvalue weighted by atomic mass is 79.9. The summed E-state index contributed by atoms with van der Waals surface area (Å²) >= 11 is 3.11. The van der Waals surface area contributed by atoms with E-state index in [1.54, 1.807) is 0 Å². The molecule has 1 heterocycles. The van der Waals surface area contributed by atoms with Gasteiger partial charge in [0.1, 0.15) is 0 Å². The average molecular weight is 340 g/mol. The zero-order valence-corrected chi connectivity index (χ0v) is 11.4. The van der Waals surface area contributed by atoms with Crippen molar-refractivity contribution in [2.45, 2.75) is 0 Å². The van der Waals surface area contributed by atoms with Gasteiger partial charge in [-0.2, -0.15) is 4.39 Å². The number of anilines is 1. The number of nitrogens with one attached hydrogen (secondary N) is 1. The third kappa shape index (κ3) is 2.97. The lowest BCUT2D eigenvalue weighted by Crippen LogP contribution is -2.14. The number of carbonyl (C=O) groups excluding carboxylic acids is 1. The Kier molecular flexibility index (Phi) is 4.04. The first-order chi connectivity index (χ1) is 9.49. The third-order valence-electron chi connectivity index (χ3n) is 2.42. The molecule has 0 atom stereocenters. The van der Waals surface area contributed by atoms with Crippen molar-refractivity contribution in [2.75, 3.05) is 5.32 Å². The van der Waals surface area contributed by atoms with Crippen LogP contribution in [0.2, 0.25) is 0 Å². The maximum absolute atomic E-state index is 13.3. The summed E-state index contributed by atoms with van der Waals surface area (Å²) in [7, 11) is 0. The second-order valence-electron chi connectivity index (χ2n) is 3.72. The molecule has 1 aromatic heterocycles. The minimum Gasteiger partial charge on any atom is -0.321 e. The molecule has 0 bridgehead atoms. The van der Waals surface area contributed by atoms with E-state index in [4.69, 9.17) is 0 Å². The van der Waals surface area contributed by atoms with Crippen molar-refractivity contribution >= 4 is 33.2 Å². The number of hydrogen-bond acceptors (Lipinski definition) is 4. The second kappa shape index (κ2) is 5.74. The maximum atomic E-state index is 13.3. The first-order valence-corrected chi connectivity index (χ1v) is 6.14. The SMILES string of the molecule is O=C(Nc1ccc([N+](=O)[O-])cc1Br)c1cccnc1F. The van der Waals surface area contributed by atoms with E-state index in [1.807, 2.05) is 0 Å². The molecular formula is C12H7BrFN3O3. The van der Waals surface area contributed by atoms with Gasteiger partial charge in [0, 0.05) is 22.8 Å². The molecule has 0 fully saturated rings. The van der Waals surface area contributed by atoms with Crippen molar-refractivity contribution in [2.24, 2.45) is 0 Å². The quantitative estimate of drug-likeness (QED) is 0.528. The van der Waals surface area contributed by atoms with Gasteiger partial charge in [-0.05, 0) is 34.1 Å². The molecule has 6 nitrogen and oxygen atoms in total. The highest BCUT2D eigenvalue weighted by Crippen LogP contribution is 2.27. The fourth-order valence-corrected chi connectivity index (χ4v) is 1.93. The standard InChI is InChI=1S/C12H7BrFN3O3/c13-9-6-7(17(19)20)3-4-10(9)16-12(18)8-2-1-5-15-11(8)14/h1-6H,(H,16,18). The molecule has 102 valence electrons. The second-order valence-corrected chi connectivity index (χ2v) is 4.57. The summed E-state index contributed by atoms with van der Waals surface area (Å²) in [4.78, 5) is 25.3. The number of aromatic nitrogens is 1. The first kappa shape index (κ1) is 14.1. The van der Waals surface area contributed by atoms with Gasteiger partial charge in [0.05, 0.1) is 16.2 Å². The Morgan fingerprint density at radius 2 is 2.15 bits per heavy atom. The Balaban J connectivity index is 2.25. The summed E-state index contributed by atoms with van der Waals surface area (Å²) < 4.78 is 13.7. The Labute approximate surface area is 120 Å². The lowest BCUT2D eigenvalue weighted by molar-refractivity contribution is -0.384. The molecule has 0 unspecified atom stereocenters. The van der Waals surface area contributed by atoms with Crippen molar-refractivity contribution in [1.29, 1.82) is 0 Å². The van der Waals surface area contributed by atoms with Gasteiger partial charge in [0.25, 0.3) is 11.6 Å². The molecule has 0 aliphatic rings. The number of halogens is 2. The summed E-state index contributed by atoms with van der Waals surface area (Å²) in [6.45, 7) is 0. The number of hydrogen-bond donors (Lipinski definition) is 1. The van der Waals surface area contributed by atoms with Crippen molar-refractivity contribution in [3.63, 3.8) is 0 Å². The molecule has 8 heteroatoms. The van der Waals surface area contributed by atoms with E-state index in [0.717, 1.165) is 0 Å². The fraction of sp³-hybridized carbons (Fsp3) is 0. The lowest BCUT2D eigenvalue weighted by atomic mass is 10.2. The fourth-order valence-electron chi connectivity index (χ4n) is 1.46. The molecule has 0 saturated heterocycles. The normalized spacial score (nSPS) is 10.1. The van der Waals surface area contributed by atoms with Crippen molar-refractivity contribution in [3.05, 3.63) is 62.6 Å². The van der Waals surface area contributed by atoms with Gasteiger partial charge in [-0.15, -0.1) is 0 Å². The molecule has 20 heavy (non-hydrogen) atoms. The summed E-state index contributed by atoms with van der Waals surface area (Å²) in [5.74, 6) is -1.58. The van der Waals surface area contributed by atoms with Gasteiger partial charge >= 0.3 is 0 Å². The highest BCUT2D eigenvalue weighted by Gasteiger charge is 2.15. The zero-order chi connectivity index (χ0) is 14.7. The molecule has 2 aromatic rings. The van der Waals surface area contributed by atoms with Crippen LogP contribution in [-0.2, 0) is 0 Å². The molecule has 0 radical (unpaired) electrons. The number of non-ortho nitro benzene ring substituents is 1. The van der Waals surface area contributed by atoms with E-state index in [2.05, 4.69) is 26.2 Å². The molecule has 0 saturated carbocycles. The van der Waals surface area contributed by atoms with E-state index >= 15 is 0 Å². The number of nitro benzene ring substituents is 1. The maximum Gasteiger partial charge on any atom is 0.270 e. The predicted molar refractivity (Wildman–Crippen MR) is 72.9 cm³/mol. The number of amides is 1. The van der Waals surface area contributed by atoms with Crippen LogP contribution in [0.3, 0.4) is 0 Å². The van der Waals surface area contributed by atoms with Gasteiger partial charge in [0.2, 0.25) is 5.95 Å². The van der Waals surface area contributed by atoms with Crippen molar-refractivity contribution in [1.82, 2.24) is 4.98 Å². The molecule has 1 amide bonds. The highest BCUT2D eigenvalue weighted by molar-refractivity contribution is 9.10. The van der Waals surface area contributed by atoms with E-state index in [9.17, 15) is 19.3 Å². The number of benzene rings is 1. The molecule has 2 rings (SSSR count). The van der Waals surface area contributed by atoms with E-state index in [0.29, 0.717) is 10.2 Å². The molecule has 0 aliphatic heterocycles. The number of pyridine rings is 1. The number of carbonyl (C=O) groups is 1. The van der Waals surface area contributed by atoms with Crippen LogP contribution < -0.4 is 5.32 Å². The Morgan fingerprint density at radius 1 is 1.40 bits per heavy atom. The Hall–Kier alpha value is -2.35. The van der Waals surface area contributed by atoms with E-state index < -0.39 is 16.8 Å². The topological polar surface area (TPSA) is 85.1 Å². The van der Waals surface area contributed by atoms with Crippen molar-refractivity contribution in [3.8, 4) is 0 Å². The average Bonchev–Trinajstić information content (AvgIpc) is 2.41. The number of nitrogens with zero attached hydrogens (tertiary/aromatic N) is 2. The monoisotopic (exact) mass is 339 g/mol. The van der Waals surface area contributed by atoms with Crippen LogP contribution in [-0.4, -0.2) is 15.8 Å². The summed E-state index contributed by atoms with van der Waals surface area (Å²) in [5, 5.41) is 13.0. The van der Waals surface area contributed by atoms with Gasteiger partial charge in [-0.3, -0.25) is 14.9 Å². The van der Waals surface area contributed by atoms with E-state index in [-0.39, 0.29) is 11.3 Å². The van der Waals surface area contributed by atoms with Crippen LogP contribution >= 0.6 is 15.9 Å². The largest absolute Gasteiger partial charge is 0.321 e. The number of rotatable bonds is 3. The molecule has 0 spiro atoms. The summed E-state index contributed by atoms with van der Waals surface area (Å²) in [6, 6.07) is 6.56. The van der Waals surface area contributed by atoms with Gasteiger partial charge < -0.3 is 5.32 Å². The minimum absolute atomic E-state index is 0.123. The number of nitro groups is 1. The summed E-state index contributed by atoms with van der Waals surface area (Å²) in [6.07, 6.45) is 1.23. The van der Waals surface area contributed by atoms with E-state index in [1.165, 1.54) is 36.5 Å². The first-order valence-electron chi connectivity index (χ1n) is 5.35. The molecule has 1 aromatic carbocycles. The lowest BCUT2D eigenvalue weighted by Gasteiger charge is -2.07. The van der Waals surface area contributed by atoms with Gasteiger partial charge in [-0.1, -0.05) is 0 Å². The van der Waals surface area contributed by atoms with Gasteiger partial charge in [0.15, 0.2) is 0 Å². The smallest absolute Gasteiger partial charge is 0.270 e. The van der Waals surface area contributed by atoms with Crippen LogP contribution in [0.5, 0.6) is 0 Å². The molecular weight excluding hydrogens is 333 g/mol.